The number of benzene rings is 2. The first-order chi connectivity index (χ1) is 13.7. The molecule has 0 bridgehead atoms. The van der Waals surface area contributed by atoms with Gasteiger partial charge in [0.05, 0.1) is 11.3 Å². The third-order valence-corrected chi connectivity index (χ3v) is 4.57. The van der Waals surface area contributed by atoms with Crippen molar-refractivity contribution < 1.29 is 27.2 Å². The Morgan fingerprint density at radius 3 is 2.34 bits per heavy atom. The highest BCUT2D eigenvalue weighted by molar-refractivity contribution is 8.00. The summed E-state index contributed by atoms with van der Waals surface area (Å²) < 4.78 is 51.9. The molecule has 6 nitrogen and oxygen atoms in total. The summed E-state index contributed by atoms with van der Waals surface area (Å²) in [5.41, 5.74) is 4.50. The van der Waals surface area contributed by atoms with E-state index in [-0.39, 0.29) is 21.9 Å². The third kappa shape index (κ3) is 5.19. The van der Waals surface area contributed by atoms with Crippen molar-refractivity contribution in [3.05, 3.63) is 65.7 Å². The summed E-state index contributed by atoms with van der Waals surface area (Å²) in [5, 5.41) is 0.358. The maximum atomic E-state index is 13.0. The van der Waals surface area contributed by atoms with Gasteiger partial charge in [0.15, 0.2) is 0 Å². The van der Waals surface area contributed by atoms with Gasteiger partial charge >= 0.3 is 6.18 Å². The summed E-state index contributed by atoms with van der Waals surface area (Å²) >= 11 is 0.774. The number of aromatic nitrogens is 2. The monoisotopic (exact) mass is 424 g/mol. The zero-order chi connectivity index (χ0) is 21.0. The van der Waals surface area contributed by atoms with Crippen molar-refractivity contribution in [1.29, 1.82) is 0 Å². The predicted molar refractivity (Wildman–Crippen MR) is 97.3 cm³/mol. The zero-order valence-electron chi connectivity index (χ0n) is 14.5. The lowest BCUT2D eigenvalue weighted by Gasteiger charge is -2.11. The number of rotatable bonds is 4. The Kier molecular flexibility index (Phi) is 5.97. The standard InChI is InChI=1S/C18H12F4N4O2S/c19-11-7-5-10(6-8-11)15(28)26-25-14(27)9-29-16-12-3-1-2-4-13(12)23-17(24-16)18(20,21)22/h1-8H,9H2,(H,25,27)(H,26,28). The van der Waals surface area contributed by atoms with Crippen molar-refractivity contribution in [2.75, 3.05) is 5.75 Å². The molecular weight excluding hydrogens is 412 g/mol. The number of hydrogen-bond acceptors (Lipinski definition) is 5. The molecule has 150 valence electrons. The predicted octanol–water partition coefficient (Wildman–Crippen LogP) is 3.34. The van der Waals surface area contributed by atoms with Crippen molar-refractivity contribution in [2.45, 2.75) is 11.2 Å². The zero-order valence-corrected chi connectivity index (χ0v) is 15.3. The maximum Gasteiger partial charge on any atom is 0.451 e. The van der Waals surface area contributed by atoms with Crippen molar-refractivity contribution >= 4 is 34.5 Å². The second-order valence-corrected chi connectivity index (χ2v) is 6.63. The Hall–Kier alpha value is -3.21. The largest absolute Gasteiger partial charge is 0.451 e. The van der Waals surface area contributed by atoms with E-state index in [4.69, 9.17) is 0 Å². The molecule has 0 atom stereocenters. The van der Waals surface area contributed by atoms with Gasteiger partial charge in [0.25, 0.3) is 5.91 Å². The molecule has 11 heteroatoms. The van der Waals surface area contributed by atoms with Gasteiger partial charge in [-0.2, -0.15) is 13.2 Å². The number of hydrazine groups is 1. The van der Waals surface area contributed by atoms with E-state index in [1.165, 1.54) is 18.2 Å². The molecule has 0 fully saturated rings. The average Bonchev–Trinajstić information content (AvgIpc) is 2.69. The van der Waals surface area contributed by atoms with Crippen molar-refractivity contribution in [3.63, 3.8) is 0 Å². The fourth-order valence-electron chi connectivity index (χ4n) is 2.25. The van der Waals surface area contributed by atoms with Crippen LogP contribution in [0.25, 0.3) is 10.9 Å². The van der Waals surface area contributed by atoms with Crippen LogP contribution < -0.4 is 10.9 Å². The number of carbonyl (C=O) groups is 2. The van der Waals surface area contributed by atoms with E-state index in [0.717, 1.165) is 23.9 Å². The van der Waals surface area contributed by atoms with Gasteiger partial charge in [-0.3, -0.25) is 20.4 Å². The quantitative estimate of drug-likeness (QED) is 0.291. The van der Waals surface area contributed by atoms with E-state index in [1.54, 1.807) is 18.2 Å². The first-order valence-corrected chi connectivity index (χ1v) is 9.04. The molecule has 0 aliphatic carbocycles. The van der Waals surface area contributed by atoms with Gasteiger partial charge in [-0.25, -0.2) is 14.4 Å². The van der Waals surface area contributed by atoms with Gasteiger partial charge < -0.3 is 0 Å². The number of alkyl halides is 3. The molecule has 1 heterocycles. The SMILES string of the molecule is O=C(CSc1nc(C(F)(F)F)nc2ccccc12)NNC(=O)c1ccc(F)cc1. The molecule has 0 unspecified atom stereocenters. The van der Waals surface area contributed by atoms with E-state index >= 15 is 0 Å². The van der Waals surface area contributed by atoms with Crippen LogP contribution in [-0.2, 0) is 11.0 Å². The topological polar surface area (TPSA) is 84.0 Å². The number of halogens is 4. The smallest absolute Gasteiger partial charge is 0.272 e. The number of hydrogen-bond donors (Lipinski definition) is 2. The summed E-state index contributed by atoms with van der Waals surface area (Å²) in [6.07, 6.45) is -4.73. The van der Waals surface area contributed by atoms with Crippen LogP contribution in [0, 0.1) is 5.82 Å². The van der Waals surface area contributed by atoms with Crippen LogP contribution in [0.5, 0.6) is 0 Å². The van der Waals surface area contributed by atoms with E-state index in [2.05, 4.69) is 20.8 Å². The lowest BCUT2D eigenvalue weighted by atomic mass is 10.2. The molecular formula is C18H12F4N4O2S. The summed E-state index contributed by atoms with van der Waals surface area (Å²) in [5.74, 6) is -3.46. The summed E-state index contributed by atoms with van der Waals surface area (Å²) in [6.45, 7) is 0. The summed E-state index contributed by atoms with van der Waals surface area (Å²) in [4.78, 5) is 30.8. The molecule has 1 aromatic heterocycles. The third-order valence-electron chi connectivity index (χ3n) is 3.58. The fourth-order valence-corrected chi connectivity index (χ4v) is 3.07. The molecule has 0 aliphatic heterocycles. The molecule has 3 rings (SSSR count). The molecule has 0 aliphatic rings. The van der Waals surface area contributed by atoms with Crippen LogP contribution in [0.1, 0.15) is 16.2 Å². The first kappa shape index (κ1) is 20.5. The van der Waals surface area contributed by atoms with E-state index in [1.807, 2.05) is 0 Å². The molecule has 2 amide bonds. The number of para-hydroxylation sites is 1. The highest BCUT2D eigenvalue weighted by Gasteiger charge is 2.35. The molecule has 0 saturated carbocycles. The Labute approximate surface area is 165 Å². The highest BCUT2D eigenvalue weighted by Crippen LogP contribution is 2.31. The number of nitrogens with zero attached hydrogens (tertiary/aromatic N) is 2. The van der Waals surface area contributed by atoms with E-state index in [9.17, 15) is 27.2 Å². The highest BCUT2D eigenvalue weighted by atomic mass is 32.2. The Bertz CT molecular complexity index is 1060. The number of amides is 2. The molecule has 29 heavy (non-hydrogen) atoms. The second-order valence-electron chi connectivity index (χ2n) is 5.67. The van der Waals surface area contributed by atoms with Crippen LogP contribution in [-0.4, -0.2) is 27.5 Å². The van der Waals surface area contributed by atoms with E-state index in [0.29, 0.717) is 5.39 Å². The summed E-state index contributed by atoms with van der Waals surface area (Å²) in [6, 6.07) is 10.8. The van der Waals surface area contributed by atoms with Gasteiger partial charge in [0.1, 0.15) is 10.8 Å². The molecule has 2 N–H and O–H groups in total. The molecule has 0 saturated heterocycles. The normalized spacial score (nSPS) is 11.3. The molecule has 2 aromatic carbocycles. The van der Waals surface area contributed by atoms with Crippen LogP contribution in [0.4, 0.5) is 17.6 Å². The molecule has 0 spiro atoms. The van der Waals surface area contributed by atoms with Crippen molar-refractivity contribution in [2.24, 2.45) is 0 Å². The minimum Gasteiger partial charge on any atom is -0.272 e. The fraction of sp³-hybridized carbons (Fsp3) is 0.111. The van der Waals surface area contributed by atoms with Gasteiger partial charge in [-0.05, 0) is 30.3 Å². The minimum atomic E-state index is -4.73. The number of fused-ring (bicyclic) bond motifs is 1. The number of nitrogens with one attached hydrogen (secondary N) is 2. The average molecular weight is 424 g/mol. The van der Waals surface area contributed by atoms with Crippen LogP contribution >= 0.6 is 11.8 Å². The first-order valence-electron chi connectivity index (χ1n) is 8.05. The van der Waals surface area contributed by atoms with Gasteiger partial charge in [-0.1, -0.05) is 30.0 Å². The lowest BCUT2D eigenvalue weighted by molar-refractivity contribution is -0.145. The maximum absolute atomic E-state index is 13.0. The van der Waals surface area contributed by atoms with Crippen LogP contribution in [0.3, 0.4) is 0 Å². The van der Waals surface area contributed by atoms with E-state index < -0.39 is 29.6 Å². The van der Waals surface area contributed by atoms with Gasteiger partial charge in [0.2, 0.25) is 11.7 Å². The van der Waals surface area contributed by atoms with Gasteiger partial charge in [0, 0.05) is 10.9 Å². The Morgan fingerprint density at radius 2 is 1.66 bits per heavy atom. The molecule has 3 aromatic rings. The van der Waals surface area contributed by atoms with Crippen molar-refractivity contribution in [1.82, 2.24) is 20.8 Å². The Morgan fingerprint density at radius 1 is 0.966 bits per heavy atom. The summed E-state index contributed by atoms with van der Waals surface area (Å²) in [7, 11) is 0. The Balaban J connectivity index is 1.66. The number of carbonyl (C=O) groups excluding carboxylic acids is 2. The van der Waals surface area contributed by atoms with Crippen molar-refractivity contribution in [3.8, 4) is 0 Å². The van der Waals surface area contributed by atoms with Gasteiger partial charge in [-0.15, -0.1) is 0 Å². The second kappa shape index (κ2) is 8.43. The molecule has 0 radical (unpaired) electrons. The van der Waals surface area contributed by atoms with Crippen LogP contribution in [0.2, 0.25) is 0 Å². The number of thioether (sulfide) groups is 1. The minimum absolute atomic E-state index is 0.0112. The van der Waals surface area contributed by atoms with Crippen LogP contribution in [0.15, 0.2) is 53.6 Å². The lowest BCUT2D eigenvalue weighted by Crippen LogP contribution is -2.42.